The Morgan fingerprint density at radius 3 is 2.96 bits per heavy atom. The Morgan fingerprint density at radius 2 is 2.17 bits per heavy atom. The quantitative estimate of drug-likeness (QED) is 0.855. The molecule has 1 aliphatic rings. The van der Waals surface area contributed by atoms with Crippen molar-refractivity contribution < 1.29 is 9.53 Å². The Bertz CT molecular complexity index is 664. The third kappa shape index (κ3) is 4.40. The van der Waals surface area contributed by atoms with Gasteiger partial charge in [0.2, 0.25) is 5.91 Å². The number of ether oxygens (including phenoxy) is 1. The zero-order chi connectivity index (χ0) is 15.9. The van der Waals surface area contributed by atoms with Gasteiger partial charge in [-0.15, -0.1) is 11.3 Å². The van der Waals surface area contributed by atoms with Crippen molar-refractivity contribution in [2.24, 2.45) is 0 Å². The van der Waals surface area contributed by atoms with Crippen molar-refractivity contribution in [2.75, 3.05) is 31.2 Å². The number of thiazole rings is 1. The highest BCUT2D eigenvalue weighted by molar-refractivity contribution is 7.07. The van der Waals surface area contributed by atoms with E-state index in [2.05, 4.69) is 27.3 Å². The highest BCUT2D eigenvalue weighted by Crippen LogP contribution is 2.21. The molecule has 0 unspecified atom stereocenters. The molecule has 2 aromatic rings. The number of nitrogens with zero attached hydrogens (tertiary/aromatic N) is 2. The summed E-state index contributed by atoms with van der Waals surface area (Å²) in [6.07, 6.45) is 3.24. The maximum atomic E-state index is 11.9. The molecule has 1 fully saturated rings. The van der Waals surface area contributed by atoms with E-state index in [0.29, 0.717) is 6.54 Å². The van der Waals surface area contributed by atoms with E-state index in [1.165, 1.54) is 23.1 Å². The van der Waals surface area contributed by atoms with Crippen molar-refractivity contribution in [2.45, 2.75) is 6.54 Å². The van der Waals surface area contributed by atoms with Crippen LogP contribution in [-0.4, -0.2) is 37.2 Å². The lowest BCUT2D eigenvalue weighted by Gasteiger charge is -2.30. The van der Waals surface area contributed by atoms with Crippen LogP contribution in [0.15, 0.2) is 41.2 Å². The number of amides is 1. The lowest BCUT2D eigenvalue weighted by Crippen LogP contribution is -2.37. The van der Waals surface area contributed by atoms with E-state index >= 15 is 0 Å². The van der Waals surface area contributed by atoms with Gasteiger partial charge < -0.3 is 15.0 Å². The second-order valence-electron chi connectivity index (χ2n) is 5.19. The zero-order valence-corrected chi connectivity index (χ0v) is 13.6. The topological polar surface area (TPSA) is 54.5 Å². The molecule has 0 atom stereocenters. The highest BCUT2D eigenvalue weighted by Gasteiger charge is 2.14. The minimum absolute atomic E-state index is 0.116. The molecule has 1 aromatic heterocycles. The van der Waals surface area contributed by atoms with Crippen LogP contribution >= 0.6 is 11.3 Å². The second-order valence-corrected chi connectivity index (χ2v) is 5.91. The fourth-order valence-corrected chi connectivity index (χ4v) is 3.00. The molecule has 3 rings (SSSR count). The molecular weight excluding hydrogens is 310 g/mol. The van der Waals surface area contributed by atoms with Crippen LogP contribution in [0.5, 0.6) is 0 Å². The van der Waals surface area contributed by atoms with E-state index in [1.54, 1.807) is 11.6 Å². The minimum atomic E-state index is -0.116. The third-order valence-corrected chi connectivity index (χ3v) is 4.26. The summed E-state index contributed by atoms with van der Waals surface area (Å²) in [7, 11) is 0. The first-order valence-electron chi connectivity index (χ1n) is 7.57. The number of rotatable bonds is 5. The van der Waals surface area contributed by atoms with Gasteiger partial charge in [0.05, 0.1) is 24.4 Å². The van der Waals surface area contributed by atoms with Crippen LogP contribution in [0.1, 0.15) is 11.3 Å². The molecule has 1 N–H and O–H groups in total. The Morgan fingerprint density at radius 1 is 1.35 bits per heavy atom. The number of benzene rings is 1. The molecule has 1 amide bonds. The van der Waals surface area contributed by atoms with Gasteiger partial charge in [-0.2, -0.15) is 0 Å². The number of hydrogen-bond donors (Lipinski definition) is 1. The van der Waals surface area contributed by atoms with Crippen molar-refractivity contribution in [1.29, 1.82) is 0 Å². The average molecular weight is 329 g/mol. The first-order chi connectivity index (χ1) is 11.3. The summed E-state index contributed by atoms with van der Waals surface area (Å²) in [5.74, 6) is -0.116. The third-order valence-electron chi connectivity index (χ3n) is 3.65. The average Bonchev–Trinajstić information content (AvgIpc) is 3.13. The molecule has 120 valence electrons. The van der Waals surface area contributed by atoms with E-state index in [4.69, 9.17) is 4.74 Å². The summed E-state index contributed by atoms with van der Waals surface area (Å²) in [5, 5.41) is 4.83. The minimum Gasteiger partial charge on any atom is -0.378 e. The van der Waals surface area contributed by atoms with Crippen molar-refractivity contribution in [3.8, 4) is 0 Å². The predicted octanol–water partition coefficient (Wildman–Crippen LogP) is 2.31. The first-order valence-corrected chi connectivity index (χ1v) is 8.52. The van der Waals surface area contributed by atoms with Crippen LogP contribution in [0.3, 0.4) is 0 Å². The molecular formula is C17H19N3O2S. The molecule has 5 nitrogen and oxygen atoms in total. The van der Waals surface area contributed by atoms with Crippen LogP contribution in [0, 0.1) is 0 Å². The lowest BCUT2D eigenvalue weighted by molar-refractivity contribution is -0.116. The summed E-state index contributed by atoms with van der Waals surface area (Å²) in [6.45, 7) is 3.77. The van der Waals surface area contributed by atoms with Crippen LogP contribution in [0.25, 0.3) is 6.08 Å². The SMILES string of the molecule is O=C(C=Cc1cscn1)NCc1ccccc1N1CCOCC1. The monoisotopic (exact) mass is 329 g/mol. The fourth-order valence-electron chi connectivity index (χ4n) is 2.48. The molecule has 0 spiro atoms. The molecule has 0 bridgehead atoms. The van der Waals surface area contributed by atoms with Crippen molar-refractivity contribution >= 4 is 29.0 Å². The summed E-state index contributed by atoms with van der Waals surface area (Å²) < 4.78 is 5.40. The molecule has 0 saturated carbocycles. The van der Waals surface area contributed by atoms with Gasteiger partial charge in [0, 0.05) is 36.8 Å². The summed E-state index contributed by atoms with van der Waals surface area (Å²) in [6, 6.07) is 8.17. The number of nitrogens with one attached hydrogen (secondary N) is 1. The molecule has 1 aromatic carbocycles. The van der Waals surface area contributed by atoms with Gasteiger partial charge in [-0.25, -0.2) is 4.98 Å². The largest absolute Gasteiger partial charge is 0.378 e. The number of anilines is 1. The van der Waals surface area contributed by atoms with Crippen molar-refractivity contribution in [1.82, 2.24) is 10.3 Å². The second kappa shape index (κ2) is 7.89. The highest BCUT2D eigenvalue weighted by atomic mass is 32.1. The van der Waals surface area contributed by atoms with Crippen LogP contribution in [-0.2, 0) is 16.1 Å². The van der Waals surface area contributed by atoms with E-state index < -0.39 is 0 Å². The van der Waals surface area contributed by atoms with Gasteiger partial charge in [0.1, 0.15) is 0 Å². The maximum Gasteiger partial charge on any atom is 0.244 e. The maximum absolute atomic E-state index is 11.9. The Labute approximate surface area is 139 Å². The lowest BCUT2D eigenvalue weighted by atomic mass is 10.1. The van der Waals surface area contributed by atoms with E-state index in [0.717, 1.165) is 37.6 Å². The molecule has 23 heavy (non-hydrogen) atoms. The van der Waals surface area contributed by atoms with Crippen LogP contribution in [0.2, 0.25) is 0 Å². The Hall–Kier alpha value is -2.18. The summed E-state index contributed by atoms with van der Waals surface area (Å²) in [5.41, 5.74) is 4.83. The normalized spacial score (nSPS) is 15.0. The zero-order valence-electron chi connectivity index (χ0n) is 12.8. The number of morpholine rings is 1. The van der Waals surface area contributed by atoms with E-state index in [1.807, 2.05) is 17.5 Å². The number of hydrogen-bond acceptors (Lipinski definition) is 5. The molecule has 0 aliphatic carbocycles. The van der Waals surface area contributed by atoms with Crippen LogP contribution in [0.4, 0.5) is 5.69 Å². The van der Waals surface area contributed by atoms with Gasteiger partial charge in [-0.1, -0.05) is 18.2 Å². The Balaban J connectivity index is 1.60. The van der Waals surface area contributed by atoms with Gasteiger partial charge in [-0.05, 0) is 17.7 Å². The van der Waals surface area contributed by atoms with Crippen molar-refractivity contribution in [3.05, 3.63) is 52.5 Å². The molecule has 6 heteroatoms. The number of carbonyl (C=O) groups excluding carboxylic acids is 1. The Kier molecular flexibility index (Phi) is 5.39. The number of aromatic nitrogens is 1. The molecule has 0 radical (unpaired) electrons. The van der Waals surface area contributed by atoms with E-state index in [-0.39, 0.29) is 5.91 Å². The number of carbonyl (C=O) groups is 1. The van der Waals surface area contributed by atoms with Gasteiger partial charge >= 0.3 is 0 Å². The molecule has 1 saturated heterocycles. The van der Waals surface area contributed by atoms with Crippen LogP contribution < -0.4 is 10.2 Å². The van der Waals surface area contributed by atoms with Gasteiger partial charge in [0.25, 0.3) is 0 Å². The summed E-state index contributed by atoms with van der Waals surface area (Å²) >= 11 is 1.51. The number of para-hydroxylation sites is 1. The van der Waals surface area contributed by atoms with Gasteiger partial charge in [-0.3, -0.25) is 4.79 Å². The standard InChI is InChI=1S/C17H19N3O2S/c21-17(6-5-15-12-23-13-19-15)18-11-14-3-1-2-4-16(14)20-7-9-22-10-8-20/h1-6,12-13H,7-11H2,(H,18,21). The fraction of sp³-hybridized carbons (Fsp3) is 0.294. The predicted molar refractivity (Wildman–Crippen MR) is 92.5 cm³/mol. The smallest absolute Gasteiger partial charge is 0.244 e. The summed E-state index contributed by atoms with van der Waals surface area (Å²) in [4.78, 5) is 18.4. The molecule has 2 heterocycles. The molecule has 1 aliphatic heterocycles. The first kappa shape index (κ1) is 15.7. The van der Waals surface area contributed by atoms with Gasteiger partial charge in [0.15, 0.2) is 0 Å². The van der Waals surface area contributed by atoms with E-state index in [9.17, 15) is 4.79 Å². The van der Waals surface area contributed by atoms with Crippen molar-refractivity contribution in [3.63, 3.8) is 0 Å².